The van der Waals surface area contributed by atoms with Crippen molar-refractivity contribution in [2.75, 3.05) is 13.1 Å². The summed E-state index contributed by atoms with van der Waals surface area (Å²) >= 11 is 0. The Morgan fingerprint density at radius 2 is 1.86 bits per heavy atom. The van der Waals surface area contributed by atoms with Crippen LogP contribution in [0, 0.1) is 0 Å². The topological polar surface area (TPSA) is 77.3 Å². The van der Waals surface area contributed by atoms with Gasteiger partial charge in [-0.1, -0.05) is 30.3 Å². The van der Waals surface area contributed by atoms with E-state index in [-0.39, 0.29) is 10.8 Å². The van der Waals surface area contributed by atoms with Crippen LogP contribution >= 0.6 is 0 Å². The molecule has 1 fully saturated rings. The molecule has 7 nitrogen and oxygen atoms in total. The SMILES string of the molecule is Cn1cnnc1C1CCCN(S(=O)(=O)c2ccc(OCc3ccccc3)cc2)C1. The Morgan fingerprint density at radius 3 is 2.55 bits per heavy atom. The van der Waals surface area contributed by atoms with E-state index in [2.05, 4.69) is 10.2 Å². The van der Waals surface area contributed by atoms with Crippen LogP contribution in [0.25, 0.3) is 0 Å². The van der Waals surface area contributed by atoms with Crippen LogP contribution in [-0.4, -0.2) is 40.6 Å². The smallest absolute Gasteiger partial charge is 0.243 e. The van der Waals surface area contributed by atoms with E-state index >= 15 is 0 Å². The third-order valence-electron chi connectivity index (χ3n) is 5.21. The summed E-state index contributed by atoms with van der Waals surface area (Å²) in [5.41, 5.74) is 1.06. The van der Waals surface area contributed by atoms with Crippen LogP contribution < -0.4 is 4.74 Å². The molecule has 1 aromatic heterocycles. The molecule has 152 valence electrons. The van der Waals surface area contributed by atoms with Gasteiger partial charge in [0.05, 0.1) is 4.90 Å². The lowest BCUT2D eigenvalue weighted by molar-refractivity contribution is 0.304. The van der Waals surface area contributed by atoms with Crippen molar-refractivity contribution in [3.8, 4) is 5.75 Å². The van der Waals surface area contributed by atoms with Crippen molar-refractivity contribution in [2.24, 2.45) is 7.05 Å². The third kappa shape index (κ3) is 4.33. The fourth-order valence-corrected chi connectivity index (χ4v) is 5.15. The minimum absolute atomic E-state index is 0.0551. The Kier molecular flexibility index (Phi) is 5.64. The highest BCUT2D eigenvalue weighted by atomic mass is 32.2. The normalized spacial score (nSPS) is 17.9. The highest BCUT2D eigenvalue weighted by molar-refractivity contribution is 7.89. The maximum Gasteiger partial charge on any atom is 0.243 e. The predicted molar refractivity (Wildman–Crippen MR) is 109 cm³/mol. The second-order valence-corrected chi connectivity index (χ2v) is 9.19. The predicted octanol–water partition coefficient (Wildman–Crippen LogP) is 2.96. The fraction of sp³-hybridized carbons (Fsp3) is 0.333. The van der Waals surface area contributed by atoms with Gasteiger partial charge in [0.1, 0.15) is 24.5 Å². The molecule has 0 radical (unpaired) electrons. The summed E-state index contributed by atoms with van der Waals surface area (Å²) in [7, 11) is -1.68. The molecule has 29 heavy (non-hydrogen) atoms. The zero-order valence-electron chi connectivity index (χ0n) is 16.3. The number of ether oxygens (including phenoxy) is 1. The first-order chi connectivity index (χ1) is 14.0. The molecule has 0 saturated carbocycles. The van der Waals surface area contributed by atoms with E-state index in [4.69, 9.17) is 4.74 Å². The molecular formula is C21H24N4O3S. The average Bonchev–Trinajstić information content (AvgIpc) is 3.19. The van der Waals surface area contributed by atoms with Crippen LogP contribution in [0.2, 0.25) is 0 Å². The van der Waals surface area contributed by atoms with E-state index in [9.17, 15) is 8.42 Å². The minimum Gasteiger partial charge on any atom is -0.489 e. The van der Waals surface area contributed by atoms with E-state index in [1.807, 2.05) is 41.9 Å². The lowest BCUT2D eigenvalue weighted by Gasteiger charge is -2.31. The van der Waals surface area contributed by atoms with Crippen LogP contribution in [0.1, 0.15) is 30.1 Å². The number of rotatable bonds is 6. The first kappa shape index (κ1) is 19.6. The number of benzene rings is 2. The van der Waals surface area contributed by atoms with Gasteiger partial charge in [-0.05, 0) is 42.7 Å². The van der Waals surface area contributed by atoms with Crippen LogP contribution in [0.5, 0.6) is 5.75 Å². The summed E-state index contributed by atoms with van der Waals surface area (Å²) in [6, 6.07) is 16.5. The molecule has 3 aromatic rings. The Balaban J connectivity index is 1.44. The van der Waals surface area contributed by atoms with Crippen molar-refractivity contribution >= 4 is 10.0 Å². The number of aromatic nitrogens is 3. The van der Waals surface area contributed by atoms with Crippen LogP contribution in [0.3, 0.4) is 0 Å². The van der Waals surface area contributed by atoms with E-state index in [0.29, 0.717) is 25.4 Å². The summed E-state index contributed by atoms with van der Waals surface area (Å²) in [4.78, 5) is 0.281. The molecule has 1 atom stereocenters. The Morgan fingerprint density at radius 1 is 1.10 bits per heavy atom. The van der Waals surface area contributed by atoms with Gasteiger partial charge in [-0.2, -0.15) is 4.31 Å². The Bertz CT molecular complexity index is 1050. The highest BCUT2D eigenvalue weighted by Crippen LogP contribution is 2.29. The lowest BCUT2D eigenvalue weighted by atomic mass is 9.99. The molecule has 0 amide bonds. The number of hydrogen-bond donors (Lipinski definition) is 0. The Hall–Kier alpha value is -2.71. The van der Waals surface area contributed by atoms with Gasteiger partial charge in [0.25, 0.3) is 0 Å². The second kappa shape index (κ2) is 8.34. The molecule has 0 bridgehead atoms. The van der Waals surface area contributed by atoms with Gasteiger partial charge < -0.3 is 9.30 Å². The number of hydrogen-bond acceptors (Lipinski definition) is 5. The molecule has 0 aliphatic carbocycles. The molecule has 1 aliphatic rings. The van der Waals surface area contributed by atoms with Gasteiger partial charge in [-0.3, -0.25) is 0 Å². The lowest BCUT2D eigenvalue weighted by Crippen LogP contribution is -2.39. The van der Waals surface area contributed by atoms with E-state index < -0.39 is 10.0 Å². The van der Waals surface area contributed by atoms with Crippen LogP contribution in [-0.2, 0) is 23.7 Å². The molecule has 1 aliphatic heterocycles. The van der Waals surface area contributed by atoms with Crippen molar-refractivity contribution in [1.29, 1.82) is 0 Å². The fourth-order valence-electron chi connectivity index (χ4n) is 3.63. The molecule has 1 unspecified atom stereocenters. The zero-order valence-corrected chi connectivity index (χ0v) is 17.1. The summed E-state index contributed by atoms with van der Waals surface area (Å²) in [5.74, 6) is 1.53. The van der Waals surface area contributed by atoms with E-state index in [0.717, 1.165) is 24.2 Å². The van der Waals surface area contributed by atoms with Crippen molar-refractivity contribution in [3.63, 3.8) is 0 Å². The number of sulfonamides is 1. The summed E-state index contributed by atoms with van der Waals surface area (Å²) in [5, 5.41) is 8.08. The van der Waals surface area contributed by atoms with Gasteiger partial charge >= 0.3 is 0 Å². The number of nitrogens with zero attached hydrogens (tertiary/aromatic N) is 4. The molecule has 4 rings (SSSR count). The molecular weight excluding hydrogens is 388 g/mol. The van der Waals surface area contributed by atoms with Gasteiger partial charge in [0.2, 0.25) is 10.0 Å². The maximum atomic E-state index is 13.1. The van der Waals surface area contributed by atoms with Crippen LogP contribution in [0.15, 0.2) is 65.8 Å². The average molecular weight is 413 g/mol. The minimum atomic E-state index is -3.56. The second-order valence-electron chi connectivity index (χ2n) is 7.25. The zero-order chi connectivity index (χ0) is 20.3. The first-order valence-corrected chi connectivity index (χ1v) is 11.1. The van der Waals surface area contributed by atoms with Crippen molar-refractivity contribution in [2.45, 2.75) is 30.3 Å². The van der Waals surface area contributed by atoms with Gasteiger partial charge in [0, 0.05) is 26.1 Å². The van der Waals surface area contributed by atoms with Crippen molar-refractivity contribution in [3.05, 3.63) is 72.3 Å². The molecule has 8 heteroatoms. The monoisotopic (exact) mass is 412 g/mol. The van der Waals surface area contributed by atoms with Crippen molar-refractivity contribution in [1.82, 2.24) is 19.1 Å². The quantitative estimate of drug-likeness (QED) is 0.622. The Labute approximate surface area is 171 Å². The summed E-state index contributed by atoms with van der Waals surface area (Å²) < 4.78 is 35.4. The maximum absolute atomic E-state index is 13.1. The standard InChI is InChI=1S/C21H24N4O3S/c1-24-16-22-23-21(24)18-8-5-13-25(14-18)29(26,27)20-11-9-19(10-12-20)28-15-17-6-3-2-4-7-17/h2-4,6-7,9-12,16,18H,5,8,13-15H2,1H3. The van der Waals surface area contributed by atoms with Gasteiger partial charge in [0.15, 0.2) is 0 Å². The molecule has 2 aromatic carbocycles. The number of aryl methyl sites for hydroxylation is 1. The van der Waals surface area contributed by atoms with Gasteiger partial charge in [-0.25, -0.2) is 8.42 Å². The molecule has 0 N–H and O–H groups in total. The molecule has 1 saturated heterocycles. The van der Waals surface area contributed by atoms with Crippen LogP contribution in [0.4, 0.5) is 0 Å². The summed E-state index contributed by atoms with van der Waals surface area (Å²) in [6.07, 6.45) is 3.36. The van der Waals surface area contributed by atoms with Gasteiger partial charge in [-0.15, -0.1) is 10.2 Å². The van der Waals surface area contributed by atoms with E-state index in [1.165, 1.54) is 0 Å². The third-order valence-corrected chi connectivity index (χ3v) is 7.08. The highest BCUT2D eigenvalue weighted by Gasteiger charge is 2.32. The first-order valence-electron chi connectivity index (χ1n) is 9.65. The number of piperidine rings is 1. The van der Waals surface area contributed by atoms with Crippen molar-refractivity contribution < 1.29 is 13.2 Å². The summed E-state index contributed by atoms with van der Waals surface area (Å²) in [6.45, 7) is 1.38. The molecule has 0 spiro atoms. The largest absolute Gasteiger partial charge is 0.489 e. The molecule has 2 heterocycles. The van der Waals surface area contributed by atoms with E-state index in [1.54, 1.807) is 34.9 Å².